The van der Waals surface area contributed by atoms with Gasteiger partial charge in [-0.05, 0) is 12.3 Å². The highest BCUT2D eigenvalue weighted by Gasteiger charge is 2.20. The first-order chi connectivity index (χ1) is 8.66. The van der Waals surface area contributed by atoms with Gasteiger partial charge in [-0.1, -0.05) is 32.5 Å². The number of hydrogen-bond donors (Lipinski definition) is 1. The second kappa shape index (κ2) is 6.57. The van der Waals surface area contributed by atoms with Crippen molar-refractivity contribution in [2.45, 2.75) is 39.2 Å². The molecule has 0 saturated carbocycles. The third-order valence-electron chi connectivity index (χ3n) is 3.16. The Hall–Kier alpha value is -0.550. The summed E-state index contributed by atoms with van der Waals surface area (Å²) < 4.78 is 0. The standard InChI is InChI=1S/C13H21N3S2/c1-9(2)11-4-6-18-13(16-11)15-8-10(3)12-14-5-7-17-12/h5,7,9-11H,4,6,8H2,1-3H3,(H,15,16). The number of nitrogens with zero attached hydrogens (tertiary/aromatic N) is 2. The highest BCUT2D eigenvalue weighted by molar-refractivity contribution is 8.13. The molecule has 0 radical (unpaired) electrons. The van der Waals surface area contributed by atoms with E-state index in [-0.39, 0.29) is 0 Å². The molecule has 1 N–H and O–H groups in total. The van der Waals surface area contributed by atoms with Gasteiger partial charge in [0.2, 0.25) is 0 Å². The number of thiazole rings is 1. The first-order valence-corrected chi connectivity index (χ1v) is 8.36. The maximum absolute atomic E-state index is 4.71. The van der Waals surface area contributed by atoms with Crippen molar-refractivity contribution in [2.24, 2.45) is 10.9 Å². The van der Waals surface area contributed by atoms with Gasteiger partial charge in [0, 0.05) is 29.3 Å². The highest BCUT2D eigenvalue weighted by atomic mass is 32.2. The Morgan fingerprint density at radius 1 is 1.50 bits per heavy atom. The summed E-state index contributed by atoms with van der Waals surface area (Å²) in [6.45, 7) is 7.55. The van der Waals surface area contributed by atoms with Gasteiger partial charge in [-0.2, -0.15) is 0 Å². The molecule has 0 aromatic carbocycles. The Bertz CT molecular complexity index is 387. The summed E-state index contributed by atoms with van der Waals surface area (Å²) in [4.78, 5) is 9.05. The second-order valence-electron chi connectivity index (χ2n) is 5.05. The lowest BCUT2D eigenvalue weighted by atomic mass is 10.0. The molecule has 1 aliphatic rings. The molecule has 2 rings (SSSR count). The molecule has 2 heterocycles. The Morgan fingerprint density at radius 3 is 3.00 bits per heavy atom. The van der Waals surface area contributed by atoms with Gasteiger partial charge in [0.25, 0.3) is 0 Å². The van der Waals surface area contributed by atoms with Crippen LogP contribution in [0.3, 0.4) is 0 Å². The van der Waals surface area contributed by atoms with Crippen LogP contribution in [0, 0.1) is 5.92 Å². The molecular weight excluding hydrogens is 262 g/mol. The van der Waals surface area contributed by atoms with Crippen LogP contribution in [0.15, 0.2) is 16.6 Å². The fraction of sp³-hybridized carbons (Fsp3) is 0.692. The van der Waals surface area contributed by atoms with Crippen molar-refractivity contribution >= 4 is 28.3 Å². The Morgan fingerprint density at radius 2 is 2.33 bits per heavy atom. The molecule has 1 aromatic heterocycles. The zero-order valence-corrected chi connectivity index (χ0v) is 12.9. The van der Waals surface area contributed by atoms with Crippen LogP contribution in [0.25, 0.3) is 0 Å². The van der Waals surface area contributed by atoms with E-state index in [0.29, 0.717) is 17.9 Å². The van der Waals surface area contributed by atoms with Crippen molar-refractivity contribution in [2.75, 3.05) is 12.3 Å². The average Bonchev–Trinajstić information content (AvgIpc) is 2.90. The molecule has 3 nitrogen and oxygen atoms in total. The molecule has 1 aromatic rings. The van der Waals surface area contributed by atoms with Gasteiger partial charge in [-0.25, -0.2) is 4.98 Å². The van der Waals surface area contributed by atoms with Crippen LogP contribution in [-0.2, 0) is 0 Å². The molecular formula is C13H21N3S2. The fourth-order valence-electron chi connectivity index (χ4n) is 1.92. The minimum atomic E-state index is 0.416. The van der Waals surface area contributed by atoms with Gasteiger partial charge >= 0.3 is 0 Å². The predicted molar refractivity (Wildman–Crippen MR) is 81.7 cm³/mol. The van der Waals surface area contributed by atoms with Gasteiger partial charge in [0.15, 0.2) is 5.17 Å². The summed E-state index contributed by atoms with van der Waals surface area (Å²) in [6, 6.07) is 0.583. The molecule has 0 bridgehead atoms. The molecule has 2 atom stereocenters. The fourth-order valence-corrected chi connectivity index (χ4v) is 3.58. The SMILES string of the molecule is CC(CN=C1NC(C(C)C)CCS1)c1nccs1. The summed E-state index contributed by atoms with van der Waals surface area (Å²) in [6.07, 6.45) is 3.11. The van der Waals surface area contributed by atoms with Crippen LogP contribution in [0.2, 0.25) is 0 Å². The van der Waals surface area contributed by atoms with Crippen LogP contribution in [-0.4, -0.2) is 28.5 Å². The largest absolute Gasteiger partial charge is 0.362 e. The number of thioether (sulfide) groups is 1. The predicted octanol–water partition coefficient (Wildman–Crippen LogP) is 3.35. The van der Waals surface area contributed by atoms with Crippen LogP contribution in [0.4, 0.5) is 0 Å². The number of rotatable bonds is 4. The molecule has 1 fully saturated rings. The van der Waals surface area contributed by atoms with Crippen molar-refractivity contribution < 1.29 is 0 Å². The van der Waals surface area contributed by atoms with Crippen LogP contribution in [0.5, 0.6) is 0 Å². The lowest BCUT2D eigenvalue weighted by Crippen LogP contribution is -2.41. The van der Waals surface area contributed by atoms with Crippen molar-refractivity contribution in [1.82, 2.24) is 10.3 Å². The molecule has 0 aliphatic carbocycles. The first-order valence-electron chi connectivity index (χ1n) is 6.50. The van der Waals surface area contributed by atoms with E-state index in [1.807, 2.05) is 23.3 Å². The third kappa shape index (κ3) is 3.72. The van der Waals surface area contributed by atoms with Crippen molar-refractivity contribution in [3.8, 4) is 0 Å². The number of aliphatic imine (C=N–C) groups is 1. The first kappa shape index (κ1) is 13.9. The molecule has 1 saturated heterocycles. The van der Waals surface area contributed by atoms with Crippen molar-refractivity contribution in [3.63, 3.8) is 0 Å². The normalized spacial score (nSPS) is 24.2. The number of aromatic nitrogens is 1. The van der Waals surface area contributed by atoms with Gasteiger partial charge < -0.3 is 5.32 Å². The topological polar surface area (TPSA) is 37.3 Å². The zero-order valence-electron chi connectivity index (χ0n) is 11.2. The lowest BCUT2D eigenvalue weighted by molar-refractivity contribution is 0.442. The van der Waals surface area contributed by atoms with E-state index in [2.05, 4.69) is 31.1 Å². The summed E-state index contributed by atoms with van der Waals surface area (Å²) in [7, 11) is 0. The molecule has 5 heteroatoms. The van der Waals surface area contributed by atoms with Crippen LogP contribution in [0.1, 0.15) is 38.1 Å². The zero-order chi connectivity index (χ0) is 13.0. The van der Waals surface area contributed by atoms with Gasteiger partial charge in [-0.15, -0.1) is 11.3 Å². The Kier molecular flexibility index (Phi) is 5.06. The Labute approximate surface area is 118 Å². The number of hydrogen-bond acceptors (Lipinski definition) is 4. The minimum Gasteiger partial charge on any atom is -0.362 e. The number of nitrogens with one attached hydrogen (secondary N) is 1. The summed E-state index contributed by atoms with van der Waals surface area (Å²) in [5, 5.41) is 7.87. The van der Waals surface area contributed by atoms with Crippen molar-refractivity contribution in [1.29, 1.82) is 0 Å². The van der Waals surface area contributed by atoms with Gasteiger partial charge in [0.05, 0.1) is 11.6 Å². The highest BCUT2D eigenvalue weighted by Crippen LogP contribution is 2.21. The molecule has 2 unspecified atom stereocenters. The number of amidine groups is 1. The Balaban J connectivity index is 1.89. The van der Waals surface area contributed by atoms with E-state index in [4.69, 9.17) is 4.99 Å². The van der Waals surface area contributed by atoms with E-state index < -0.39 is 0 Å². The van der Waals surface area contributed by atoms with Gasteiger partial charge in [-0.3, -0.25) is 4.99 Å². The van der Waals surface area contributed by atoms with Crippen LogP contribution >= 0.6 is 23.1 Å². The molecule has 18 heavy (non-hydrogen) atoms. The van der Waals surface area contributed by atoms with E-state index in [1.165, 1.54) is 17.2 Å². The lowest BCUT2D eigenvalue weighted by Gasteiger charge is -2.28. The van der Waals surface area contributed by atoms with Crippen LogP contribution < -0.4 is 5.32 Å². The van der Waals surface area contributed by atoms with E-state index in [1.54, 1.807) is 11.3 Å². The third-order valence-corrected chi connectivity index (χ3v) is 5.13. The monoisotopic (exact) mass is 283 g/mol. The quantitative estimate of drug-likeness (QED) is 0.920. The second-order valence-corrected chi connectivity index (χ2v) is 7.06. The minimum absolute atomic E-state index is 0.416. The molecule has 0 spiro atoms. The molecule has 1 aliphatic heterocycles. The van der Waals surface area contributed by atoms with E-state index >= 15 is 0 Å². The maximum Gasteiger partial charge on any atom is 0.156 e. The van der Waals surface area contributed by atoms with Gasteiger partial charge in [0.1, 0.15) is 0 Å². The molecule has 0 amide bonds. The summed E-state index contributed by atoms with van der Waals surface area (Å²) in [5.74, 6) is 2.27. The smallest absolute Gasteiger partial charge is 0.156 e. The molecule has 100 valence electrons. The maximum atomic E-state index is 4.71. The summed E-state index contributed by atoms with van der Waals surface area (Å²) >= 11 is 3.56. The van der Waals surface area contributed by atoms with E-state index in [9.17, 15) is 0 Å². The average molecular weight is 283 g/mol. The van der Waals surface area contributed by atoms with Crippen molar-refractivity contribution in [3.05, 3.63) is 16.6 Å². The summed E-state index contributed by atoms with van der Waals surface area (Å²) in [5.41, 5.74) is 0. The van der Waals surface area contributed by atoms with E-state index in [0.717, 1.165) is 11.7 Å².